The van der Waals surface area contributed by atoms with Crippen molar-refractivity contribution in [1.82, 2.24) is 0 Å². The first-order valence-electron chi connectivity index (χ1n) is 5.66. The van der Waals surface area contributed by atoms with Crippen LogP contribution >= 0.6 is 49.9 Å². The summed E-state index contributed by atoms with van der Waals surface area (Å²) < 4.78 is 7.34. The lowest BCUT2D eigenvalue weighted by Gasteiger charge is -1.98. The monoisotopic (exact) mass is 459 g/mol. The van der Waals surface area contributed by atoms with Gasteiger partial charge in [-0.1, -0.05) is 0 Å². The molecule has 1 aromatic carbocycles. The van der Waals surface area contributed by atoms with Gasteiger partial charge in [-0.3, -0.25) is 0 Å². The van der Waals surface area contributed by atoms with Crippen molar-refractivity contribution in [2.75, 3.05) is 0 Å². The zero-order chi connectivity index (χ0) is 14.1. The van der Waals surface area contributed by atoms with Gasteiger partial charge in [-0.05, 0) is 81.0 Å². The minimum Gasteiger partial charge on any atom is -0.402 e. The van der Waals surface area contributed by atoms with Gasteiger partial charge in [0.25, 0.3) is 0 Å². The highest BCUT2D eigenvalue weighted by Crippen LogP contribution is 2.26. The number of carbonyl (C=O) groups excluding carboxylic acids is 1. The van der Waals surface area contributed by atoms with Crippen molar-refractivity contribution in [3.63, 3.8) is 0 Å². The van der Waals surface area contributed by atoms with E-state index in [1.807, 2.05) is 36.4 Å². The fraction of sp³-hybridized carbons (Fsp3) is 0. The molecule has 0 fully saturated rings. The first-order chi connectivity index (χ1) is 9.61. The third-order valence-electron chi connectivity index (χ3n) is 2.58. The molecule has 1 aromatic heterocycles. The van der Waals surface area contributed by atoms with Gasteiger partial charge in [0.1, 0.15) is 0 Å². The number of nitrogens with zero attached hydrogens (tertiary/aromatic N) is 1. The Balaban J connectivity index is 1.92. The predicted molar refractivity (Wildman–Crippen MR) is 91.8 cm³/mol. The third kappa shape index (κ3) is 3.02. The third-order valence-corrected chi connectivity index (χ3v) is 4.87. The van der Waals surface area contributed by atoms with Gasteiger partial charge in [0.05, 0.1) is 3.79 Å². The van der Waals surface area contributed by atoms with Crippen LogP contribution in [-0.4, -0.2) is 11.9 Å². The van der Waals surface area contributed by atoms with Crippen LogP contribution in [0.25, 0.3) is 6.08 Å². The Morgan fingerprint density at radius 1 is 1.20 bits per heavy atom. The SMILES string of the molecule is O=C1OC(c2ccc(I)cc2)=N/C1=C\c1ccc(Br)s1. The minimum atomic E-state index is -0.414. The summed E-state index contributed by atoms with van der Waals surface area (Å²) in [6.45, 7) is 0. The minimum absolute atomic E-state index is 0.327. The molecule has 0 radical (unpaired) electrons. The molecule has 6 heteroatoms. The van der Waals surface area contributed by atoms with Gasteiger partial charge in [-0.25, -0.2) is 9.79 Å². The molecule has 100 valence electrons. The van der Waals surface area contributed by atoms with E-state index < -0.39 is 5.97 Å². The number of hydrogen-bond donors (Lipinski definition) is 0. The van der Waals surface area contributed by atoms with Gasteiger partial charge >= 0.3 is 5.97 Å². The molecule has 3 nitrogen and oxygen atoms in total. The van der Waals surface area contributed by atoms with Crippen molar-refractivity contribution >= 4 is 67.8 Å². The summed E-state index contributed by atoms with van der Waals surface area (Å²) in [5.41, 5.74) is 1.13. The van der Waals surface area contributed by atoms with Crippen LogP contribution in [0.2, 0.25) is 0 Å². The van der Waals surface area contributed by atoms with Crippen molar-refractivity contribution in [3.8, 4) is 0 Å². The Labute approximate surface area is 141 Å². The molecule has 0 saturated carbocycles. The van der Waals surface area contributed by atoms with Crippen molar-refractivity contribution in [3.05, 3.63) is 59.9 Å². The fourth-order valence-electron chi connectivity index (χ4n) is 1.67. The maximum Gasteiger partial charge on any atom is 0.363 e. The molecule has 1 aliphatic rings. The molecule has 0 aliphatic carbocycles. The lowest BCUT2D eigenvalue weighted by Crippen LogP contribution is -2.05. The van der Waals surface area contributed by atoms with Crippen molar-refractivity contribution in [1.29, 1.82) is 0 Å². The Morgan fingerprint density at radius 3 is 2.60 bits per heavy atom. The van der Waals surface area contributed by atoms with Gasteiger partial charge in [-0.2, -0.15) is 0 Å². The second kappa shape index (κ2) is 5.79. The van der Waals surface area contributed by atoms with E-state index in [-0.39, 0.29) is 0 Å². The molecule has 0 unspecified atom stereocenters. The summed E-state index contributed by atoms with van der Waals surface area (Å²) in [5.74, 6) is -0.0589. The number of benzene rings is 1. The quantitative estimate of drug-likeness (QED) is 0.378. The van der Waals surface area contributed by atoms with Gasteiger partial charge < -0.3 is 4.74 Å². The zero-order valence-electron chi connectivity index (χ0n) is 9.97. The summed E-state index contributed by atoms with van der Waals surface area (Å²) in [4.78, 5) is 17.0. The van der Waals surface area contributed by atoms with Crippen LogP contribution in [0.3, 0.4) is 0 Å². The first kappa shape index (κ1) is 14.0. The lowest BCUT2D eigenvalue weighted by atomic mass is 10.2. The van der Waals surface area contributed by atoms with E-state index >= 15 is 0 Å². The number of thiophene rings is 1. The standard InChI is InChI=1S/C14H7BrINO2S/c15-12-6-5-10(20-12)7-11-14(18)19-13(17-11)8-1-3-9(16)4-2-8/h1-7H/b11-7-. The van der Waals surface area contributed by atoms with Crippen LogP contribution in [0.15, 0.2) is 50.9 Å². The normalized spacial score (nSPS) is 16.4. The van der Waals surface area contributed by atoms with Crippen LogP contribution in [0.1, 0.15) is 10.4 Å². The van der Waals surface area contributed by atoms with E-state index in [2.05, 4.69) is 43.5 Å². The van der Waals surface area contributed by atoms with E-state index in [1.54, 1.807) is 6.08 Å². The van der Waals surface area contributed by atoms with Gasteiger partial charge in [0.15, 0.2) is 5.70 Å². The average Bonchev–Trinajstić information content (AvgIpc) is 2.98. The number of ether oxygens (including phenoxy) is 1. The second-order valence-corrected chi connectivity index (χ2v) is 7.73. The number of cyclic esters (lactones) is 1. The molecule has 2 aromatic rings. The molecule has 1 aliphatic heterocycles. The maximum absolute atomic E-state index is 11.8. The summed E-state index contributed by atoms with van der Waals surface area (Å²) in [7, 11) is 0. The van der Waals surface area contributed by atoms with Crippen LogP contribution in [-0.2, 0) is 9.53 Å². The van der Waals surface area contributed by atoms with E-state index in [4.69, 9.17) is 4.74 Å². The number of rotatable bonds is 2. The Kier molecular flexibility index (Phi) is 4.04. The van der Waals surface area contributed by atoms with E-state index in [0.717, 1.165) is 17.8 Å². The smallest absolute Gasteiger partial charge is 0.363 e. The molecule has 3 rings (SSSR count). The zero-order valence-corrected chi connectivity index (χ0v) is 14.5. The average molecular weight is 460 g/mol. The summed E-state index contributed by atoms with van der Waals surface area (Å²) >= 11 is 7.15. The van der Waals surface area contributed by atoms with Crippen LogP contribution in [0, 0.1) is 3.57 Å². The molecule has 0 saturated heterocycles. The molecule has 2 heterocycles. The molecular formula is C14H7BrINO2S. The highest BCUT2D eigenvalue weighted by Gasteiger charge is 2.24. The Bertz CT molecular complexity index is 734. The topological polar surface area (TPSA) is 38.7 Å². The molecule has 0 amide bonds. The lowest BCUT2D eigenvalue weighted by molar-refractivity contribution is -0.129. The van der Waals surface area contributed by atoms with Gasteiger partial charge in [-0.15, -0.1) is 11.3 Å². The van der Waals surface area contributed by atoms with E-state index in [0.29, 0.717) is 11.6 Å². The summed E-state index contributed by atoms with van der Waals surface area (Å²) in [5, 5.41) is 0. The molecule has 0 atom stereocenters. The maximum atomic E-state index is 11.8. The van der Waals surface area contributed by atoms with Crippen LogP contribution in [0.4, 0.5) is 0 Å². The van der Waals surface area contributed by atoms with Crippen LogP contribution < -0.4 is 0 Å². The summed E-state index contributed by atoms with van der Waals surface area (Å²) in [6.07, 6.45) is 1.73. The number of esters is 1. The Hall–Kier alpha value is -0.990. The fourth-order valence-corrected chi connectivity index (χ4v) is 3.39. The summed E-state index contributed by atoms with van der Waals surface area (Å²) in [6, 6.07) is 11.5. The van der Waals surface area contributed by atoms with Crippen molar-refractivity contribution < 1.29 is 9.53 Å². The molecule has 0 N–H and O–H groups in total. The van der Waals surface area contributed by atoms with Gasteiger partial charge in [0, 0.05) is 14.0 Å². The number of hydrogen-bond acceptors (Lipinski definition) is 4. The Morgan fingerprint density at radius 2 is 1.95 bits per heavy atom. The number of carbonyl (C=O) groups is 1. The molecule has 20 heavy (non-hydrogen) atoms. The first-order valence-corrected chi connectivity index (χ1v) is 8.34. The molecular weight excluding hydrogens is 453 g/mol. The van der Waals surface area contributed by atoms with Crippen molar-refractivity contribution in [2.24, 2.45) is 4.99 Å². The molecule has 0 spiro atoms. The number of aliphatic imine (C=N–C) groups is 1. The highest BCUT2D eigenvalue weighted by molar-refractivity contribution is 14.1. The van der Waals surface area contributed by atoms with Gasteiger partial charge in [0.2, 0.25) is 5.90 Å². The van der Waals surface area contributed by atoms with Crippen molar-refractivity contribution in [2.45, 2.75) is 0 Å². The number of halogens is 2. The largest absolute Gasteiger partial charge is 0.402 e. The second-order valence-electron chi connectivity index (χ2n) is 3.98. The van der Waals surface area contributed by atoms with E-state index in [9.17, 15) is 4.79 Å². The molecule has 0 bridgehead atoms. The van der Waals surface area contributed by atoms with E-state index in [1.165, 1.54) is 11.3 Å². The predicted octanol–water partition coefficient (Wildman–Crippen LogP) is 4.46. The highest BCUT2D eigenvalue weighted by atomic mass is 127. The van der Waals surface area contributed by atoms with Crippen LogP contribution in [0.5, 0.6) is 0 Å².